The van der Waals surface area contributed by atoms with E-state index in [1.807, 2.05) is 13.8 Å². The normalized spacial score (nSPS) is 14.6. The van der Waals surface area contributed by atoms with E-state index in [4.69, 9.17) is 10.8 Å². The van der Waals surface area contributed by atoms with Crippen LogP contribution in [0.2, 0.25) is 0 Å². The average Bonchev–Trinajstić information content (AvgIpc) is 2.24. The number of nitrogens with two attached hydrogens (primary N) is 1. The number of primary amides is 1. The van der Waals surface area contributed by atoms with Crippen molar-refractivity contribution in [3.8, 4) is 0 Å². The van der Waals surface area contributed by atoms with Crippen LogP contribution in [0.1, 0.15) is 33.1 Å². The first-order chi connectivity index (χ1) is 7.92. The predicted molar refractivity (Wildman–Crippen MR) is 66.3 cm³/mol. The Morgan fingerprint density at radius 3 is 2.29 bits per heavy atom. The second-order valence-corrected chi connectivity index (χ2v) is 4.75. The van der Waals surface area contributed by atoms with E-state index in [-0.39, 0.29) is 31.3 Å². The highest BCUT2D eigenvalue weighted by Crippen LogP contribution is 2.13. The minimum Gasteiger partial charge on any atom is -0.396 e. The maximum absolute atomic E-state index is 11.9. The lowest BCUT2D eigenvalue weighted by Crippen LogP contribution is -2.38. The summed E-state index contributed by atoms with van der Waals surface area (Å²) in [5.41, 5.74) is 5.19. The molecule has 17 heavy (non-hydrogen) atoms. The summed E-state index contributed by atoms with van der Waals surface area (Å²) in [7, 11) is 1.73. The van der Waals surface area contributed by atoms with Gasteiger partial charge in [0, 0.05) is 18.9 Å². The summed E-state index contributed by atoms with van der Waals surface area (Å²) in [5, 5.41) is 11.8. The third-order valence-corrected chi connectivity index (χ3v) is 2.77. The van der Waals surface area contributed by atoms with Gasteiger partial charge in [-0.25, -0.2) is 0 Å². The number of likely N-dealkylation sites (N-methyl/N-ethyl adjacent to an activating group) is 1. The molecule has 0 aliphatic rings. The summed E-state index contributed by atoms with van der Waals surface area (Å²) >= 11 is 0. The van der Waals surface area contributed by atoms with Crippen molar-refractivity contribution in [3.63, 3.8) is 0 Å². The number of aliphatic hydroxyl groups excluding tert-OH is 1. The molecule has 0 saturated carbocycles. The molecule has 0 heterocycles. The number of carbonyl (C=O) groups is 2. The first-order valence-corrected chi connectivity index (χ1v) is 6.02. The van der Waals surface area contributed by atoms with Gasteiger partial charge in [-0.1, -0.05) is 13.8 Å². The van der Waals surface area contributed by atoms with Gasteiger partial charge in [-0.05, 0) is 25.8 Å². The zero-order valence-electron chi connectivity index (χ0n) is 10.9. The molecule has 1 amide bonds. The Labute approximate surface area is 103 Å². The van der Waals surface area contributed by atoms with E-state index in [2.05, 4.69) is 5.32 Å². The average molecular weight is 244 g/mol. The van der Waals surface area contributed by atoms with Crippen LogP contribution in [-0.4, -0.2) is 36.5 Å². The van der Waals surface area contributed by atoms with Crippen LogP contribution in [0.5, 0.6) is 0 Å². The van der Waals surface area contributed by atoms with Crippen molar-refractivity contribution < 1.29 is 14.7 Å². The van der Waals surface area contributed by atoms with Gasteiger partial charge in [0.15, 0.2) is 5.78 Å². The molecule has 5 nitrogen and oxygen atoms in total. The van der Waals surface area contributed by atoms with Gasteiger partial charge in [0.05, 0.1) is 6.04 Å². The highest BCUT2D eigenvalue weighted by Gasteiger charge is 2.24. The smallest absolute Gasteiger partial charge is 0.221 e. The van der Waals surface area contributed by atoms with Crippen molar-refractivity contribution >= 4 is 11.7 Å². The largest absolute Gasteiger partial charge is 0.396 e. The maximum atomic E-state index is 11.9. The van der Waals surface area contributed by atoms with Crippen molar-refractivity contribution in [1.29, 1.82) is 0 Å². The van der Waals surface area contributed by atoms with E-state index in [1.54, 1.807) is 7.05 Å². The molecule has 5 heteroatoms. The third kappa shape index (κ3) is 6.38. The van der Waals surface area contributed by atoms with Crippen molar-refractivity contribution in [2.24, 2.45) is 17.6 Å². The molecular formula is C12H24N2O3. The van der Waals surface area contributed by atoms with E-state index >= 15 is 0 Å². The molecule has 0 radical (unpaired) electrons. The van der Waals surface area contributed by atoms with Gasteiger partial charge in [0.2, 0.25) is 5.91 Å². The maximum Gasteiger partial charge on any atom is 0.221 e. The van der Waals surface area contributed by atoms with Crippen molar-refractivity contribution in [2.75, 3.05) is 13.7 Å². The number of carbonyl (C=O) groups excluding carboxylic acids is 2. The number of aliphatic hydroxyl groups is 1. The second kappa shape index (κ2) is 8.20. The van der Waals surface area contributed by atoms with Gasteiger partial charge >= 0.3 is 0 Å². The number of ketones is 1. The van der Waals surface area contributed by atoms with E-state index in [0.717, 1.165) is 6.42 Å². The van der Waals surface area contributed by atoms with Crippen molar-refractivity contribution in [1.82, 2.24) is 5.32 Å². The predicted octanol–water partition coefficient (Wildman–Crippen LogP) is 0.0636. The molecule has 0 saturated heterocycles. The zero-order chi connectivity index (χ0) is 13.4. The van der Waals surface area contributed by atoms with Crippen LogP contribution in [0.25, 0.3) is 0 Å². The molecule has 0 rings (SSSR count). The van der Waals surface area contributed by atoms with Gasteiger partial charge in [-0.3, -0.25) is 9.59 Å². The Balaban J connectivity index is 4.40. The molecule has 0 spiro atoms. The van der Waals surface area contributed by atoms with Crippen molar-refractivity contribution in [2.45, 2.75) is 39.2 Å². The second-order valence-electron chi connectivity index (χ2n) is 4.75. The van der Waals surface area contributed by atoms with Crippen LogP contribution >= 0.6 is 0 Å². The van der Waals surface area contributed by atoms with Gasteiger partial charge in [0.25, 0.3) is 0 Å². The number of Topliss-reactive ketones (excluding diaryl/α,β-unsaturated/α-hetero) is 1. The first kappa shape index (κ1) is 16.1. The summed E-state index contributed by atoms with van der Waals surface area (Å²) in [4.78, 5) is 23.0. The van der Waals surface area contributed by atoms with Crippen LogP contribution < -0.4 is 11.1 Å². The summed E-state index contributed by atoms with van der Waals surface area (Å²) < 4.78 is 0. The minimum atomic E-state index is -0.560. The number of hydrogen-bond donors (Lipinski definition) is 3. The van der Waals surface area contributed by atoms with E-state index in [0.29, 0.717) is 5.92 Å². The summed E-state index contributed by atoms with van der Waals surface area (Å²) in [5.74, 6) is -0.693. The van der Waals surface area contributed by atoms with E-state index in [9.17, 15) is 9.59 Å². The quantitative estimate of drug-likeness (QED) is 0.535. The fraction of sp³-hybridized carbons (Fsp3) is 0.833. The van der Waals surface area contributed by atoms with Crippen LogP contribution in [0.15, 0.2) is 0 Å². The third-order valence-electron chi connectivity index (χ3n) is 2.77. The van der Waals surface area contributed by atoms with Gasteiger partial charge < -0.3 is 16.2 Å². The number of nitrogens with one attached hydrogen (secondary N) is 1. The molecule has 0 aliphatic heterocycles. The van der Waals surface area contributed by atoms with Crippen LogP contribution in [0, 0.1) is 11.8 Å². The zero-order valence-corrected chi connectivity index (χ0v) is 10.9. The SMILES string of the molecule is CN[C@@H](CC(C)C)C(=O)C[C@@H](CCO)C(N)=O. The highest BCUT2D eigenvalue weighted by molar-refractivity contribution is 5.89. The lowest BCUT2D eigenvalue weighted by molar-refractivity contribution is -0.128. The molecule has 0 unspecified atom stereocenters. The van der Waals surface area contributed by atoms with Gasteiger partial charge in [-0.15, -0.1) is 0 Å². The monoisotopic (exact) mass is 244 g/mol. The molecule has 0 aromatic carbocycles. The molecule has 0 fully saturated rings. The first-order valence-electron chi connectivity index (χ1n) is 6.02. The number of amides is 1. The molecular weight excluding hydrogens is 220 g/mol. The minimum absolute atomic E-state index is 0.0153. The Morgan fingerprint density at radius 1 is 1.35 bits per heavy atom. The lowest BCUT2D eigenvalue weighted by Gasteiger charge is -2.19. The standard InChI is InChI=1S/C12H24N2O3/c1-8(2)6-10(14-3)11(16)7-9(4-5-15)12(13)17/h8-10,14-15H,4-7H2,1-3H3,(H2,13,17)/t9-,10+/m1/s1. The number of rotatable bonds is 9. The molecule has 4 N–H and O–H groups in total. The fourth-order valence-electron chi connectivity index (χ4n) is 1.77. The summed E-state index contributed by atoms with van der Waals surface area (Å²) in [6.07, 6.45) is 1.09. The Hall–Kier alpha value is -0.940. The van der Waals surface area contributed by atoms with E-state index < -0.39 is 11.8 Å². The molecule has 0 aromatic heterocycles. The van der Waals surface area contributed by atoms with Crippen LogP contribution in [0.3, 0.4) is 0 Å². The number of hydrogen-bond acceptors (Lipinski definition) is 4. The topological polar surface area (TPSA) is 92.4 Å². The molecule has 0 aromatic rings. The van der Waals surface area contributed by atoms with Crippen molar-refractivity contribution in [3.05, 3.63) is 0 Å². The lowest BCUT2D eigenvalue weighted by atomic mass is 9.92. The Bertz CT molecular complexity index is 254. The Morgan fingerprint density at radius 2 is 1.94 bits per heavy atom. The van der Waals surface area contributed by atoms with Crippen LogP contribution in [0.4, 0.5) is 0 Å². The van der Waals surface area contributed by atoms with Crippen LogP contribution in [-0.2, 0) is 9.59 Å². The molecule has 0 aliphatic carbocycles. The van der Waals surface area contributed by atoms with Gasteiger partial charge in [0.1, 0.15) is 0 Å². The molecule has 100 valence electrons. The molecule has 0 bridgehead atoms. The summed E-state index contributed by atoms with van der Waals surface area (Å²) in [6.45, 7) is 3.95. The molecule has 2 atom stereocenters. The van der Waals surface area contributed by atoms with E-state index in [1.165, 1.54) is 0 Å². The summed E-state index contributed by atoms with van der Waals surface area (Å²) in [6, 6.07) is -0.240. The fourth-order valence-corrected chi connectivity index (χ4v) is 1.77. The van der Waals surface area contributed by atoms with Gasteiger partial charge in [-0.2, -0.15) is 0 Å². The Kier molecular flexibility index (Phi) is 7.74. The highest BCUT2D eigenvalue weighted by atomic mass is 16.3.